The molecule has 4 aromatic rings. The molecule has 0 saturated carbocycles. The number of esters is 1. The van der Waals surface area contributed by atoms with E-state index in [1.54, 1.807) is 24.3 Å². The van der Waals surface area contributed by atoms with Gasteiger partial charge in [0.25, 0.3) is 0 Å². The highest BCUT2D eigenvalue weighted by Crippen LogP contribution is 2.36. The molecule has 3 aliphatic heterocycles. The summed E-state index contributed by atoms with van der Waals surface area (Å²) in [7, 11) is 3.06. The second-order valence-electron chi connectivity index (χ2n) is 11.5. The molecule has 0 radical (unpaired) electrons. The van der Waals surface area contributed by atoms with Gasteiger partial charge in [0.1, 0.15) is 18.0 Å². The molecule has 246 valence electrons. The summed E-state index contributed by atoms with van der Waals surface area (Å²) in [6.45, 7) is 2.88. The number of ether oxygens (including phenoxy) is 4. The first-order valence-corrected chi connectivity index (χ1v) is 16.1. The number of halogens is 2. The highest BCUT2D eigenvalue weighted by Gasteiger charge is 2.37. The lowest BCUT2D eigenvalue weighted by molar-refractivity contribution is -0.0312. The van der Waals surface area contributed by atoms with E-state index in [0.29, 0.717) is 50.0 Å². The van der Waals surface area contributed by atoms with E-state index in [0.717, 1.165) is 32.5 Å². The summed E-state index contributed by atoms with van der Waals surface area (Å²) in [6.07, 6.45) is 3.72. The van der Waals surface area contributed by atoms with Crippen LogP contribution in [0.5, 0.6) is 11.5 Å². The molecule has 5 heterocycles. The number of furan rings is 1. The zero-order valence-electron chi connectivity index (χ0n) is 26.1. The maximum atomic E-state index is 13.6. The number of rotatable bonds is 11. The summed E-state index contributed by atoms with van der Waals surface area (Å²) in [5.41, 5.74) is 1.84. The Morgan fingerprint density at radius 2 is 1.70 bits per heavy atom. The zero-order chi connectivity index (χ0) is 32.9. The van der Waals surface area contributed by atoms with Gasteiger partial charge in [-0.3, -0.25) is 14.8 Å². The van der Waals surface area contributed by atoms with Crippen molar-refractivity contribution >= 4 is 41.0 Å². The topological polar surface area (TPSA) is 104 Å². The Labute approximate surface area is 283 Å². The van der Waals surface area contributed by atoms with Crippen LogP contribution in [0.4, 0.5) is 10.5 Å². The monoisotopic (exact) mass is 679 g/mol. The van der Waals surface area contributed by atoms with Crippen LogP contribution in [-0.2, 0) is 22.4 Å². The Hall–Kier alpha value is -4.25. The number of piperidine rings is 3. The molecule has 0 unspecified atom stereocenters. The number of benzene rings is 2. The quantitative estimate of drug-likeness (QED) is 0.150. The number of para-hydroxylation sites is 1. The SMILES string of the molecule is COc1ccc([C@H](Cc2c(Cl)cncc2Cl)OC(=O)c2ccc(CN(C(=O)O[C@H]3CN4CCC3CC4)c3ccccc3)o2)cc1OC. The second kappa shape index (κ2) is 14.7. The number of amides is 1. The summed E-state index contributed by atoms with van der Waals surface area (Å²) in [5.74, 6) is 0.989. The van der Waals surface area contributed by atoms with Gasteiger partial charge in [-0.2, -0.15) is 0 Å². The van der Waals surface area contributed by atoms with E-state index in [1.807, 2.05) is 30.3 Å². The standard InChI is InChI=1S/C35H35Cl2N3O7/c1-43-29-10-8-23(16-32(29)44-2)31(17-26-27(36)18-38-19-28(26)37)46-34(41)30-11-9-25(45-30)20-40(24-6-4-3-5-7-24)35(42)47-33-21-39-14-12-22(33)13-15-39/h3-11,16,18-19,22,31,33H,12-15,17,20-21H2,1-2H3/t31-,33-/m0/s1. The molecule has 0 aliphatic carbocycles. The van der Waals surface area contributed by atoms with Crippen molar-refractivity contribution in [2.45, 2.75) is 38.0 Å². The van der Waals surface area contributed by atoms with Crippen LogP contribution in [0.3, 0.4) is 0 Å². The van der Waals surface area contributed by atoms with E-state index in [2.05, 4.69) is 9.88 Å². The average molecular weight is 681 g/mol. The van der Waals surface area contributed by atoms with Gasteiger partial charge >= 0.3 is 12.1 Å². The van der Waals surface area contributed by atoms with Crippen molar-refractivity contribution < 1.29 is 33.0 Å². The third-order valence-electron chi connectivity index (χ3n) is 8.68. The summed E-state index contributed by atoms with van der Waals surface area (Å²) >= 11 is 12.9. The summed E-state index contributed by atoms with van der Waals surface area (Å²) in [5, 5.41) is 0.677. The number of fused-ring (bicyclic) bond motifs is 3. The molecule has 12 heteroatoms. The van der Waals surface area contributed by atoms with E-state index in [4.69, 9.17) is 46.6 Å². The molecule has 2 aromatic heterocycles. The van der Waals surface area contributed by atoms with Crippen LogP contribution in [0.25, 0.3) is 0 Å². The van der Waals surface area contributed by atoms with Gasteiger partial charge in [0.05, 0.1) is 30.8 Å². The molecule has 2 aromatic carbocycles. The maximum absolute atomic E-state index is 13.6. The van der Waals surface area contributed by atoms with E-state index < -0.39 is 18.2 Å². The van der Waals surface area contributed by atoms with Gasteiger partial charge in [-0.1, -0.05) is 47.5 Å². The van der Waals surface area contributed by atoms with Crippen molar-refractivity contribution in [3.05, 3.63) is 106 Å². The fraction of sp³-hybridized carbons (Fsp3) is 0.343. The lowest BCUT2D eigenvalue weighted by Crippen LogP contribution is -2.53. The minimum absolute atomic E-state index is 0.0313. The van der Waals surface area contributed by atoms with Gasteiger partial charge < -0.3 is 23.4 Å². The fourth-order valence-corrected chi connectivity index (χ4v) is 6.64. The highest BCUT2D eigenvalue weighted by atomic mass is 35.5. The normalized spacial score (nSPS) is 19.1. The Bertz CT molecular complexity index is 1690. The van der Waals surface area contributed by atoms with Crippen LogP contribution in [0, 0.1) is 5.92 Å². The van der Waals surface area contributed by atoms with Crippen molar-refractivity contribution in [3.63, 3.8) is 0 Å². The van der Waals surface area contributed by atoms with Crippen LogP contribution in [0.2, 0.25) is 10.0 Å². The first-order valence-electron chi connectivity index (χ1n) is 15.4. The van der Waals surface area contributed by atoms with E-state index >= 15 is 0 Å². The van der Waals surface area contributed by atoms with E-state index in [1.165, 1.54) is 37.6 Å². The Morgan fingerprint density at radius 1 is 0.979 bits per heavy atom. The number of pyridine rings is 1. The van der Waals surface area contributed by atoms with Crippen LogP contribution in [0.15, 0.2) is 77.5 Å². The minimum Gasteiger partial charge on any atom is -0.493 e. The number of aromatic nitrogens is 1. The van der Waals surface area contributed by atoms with Gasteiger partial charge in [0, 0.05) is 31.0 Å². The third kappa shape index (κ3) is 7.51. The molecule has 0 N–H and O–H groups in total. The lowest BCUT2D eigenvalue weighted by atomic mass is 9.86. The Balaban J connectivity index is 1.21. The first-order chi connectivity index (χ1) is 22.8. The molecule has 0 spiro atoms. The van der Waals surface area contributed by atoms with Gasteiger partial charge in [-0.25, -0.2) is 9.59 Å². The van der Waals surface area contributed by atoms with Gasteiger partial charge in [0.15, 0.2) is 11.5 Å². The van der Waals surface area contributed by atoms with Gasteiger partial charge in [0.2, 0.25) is 5.76 Å². The van der Waals surface area contributed by atoms with Crippen molar-refractivity contribution in [2.75, 3.05) is 38.8 Å². The smallest absolute Gasteiger partial charge is 0.415 e. The number of anilines is 1. The number of methoxy groups -OCH3 is 2. The van der Waals surface area contributed by atoms with Gasteiger partial charge in [-0.15, -0.1) is 0 Å². The van der Waals surface area contributed by atoms with E-state index in [-0.39, 0.29) is 24.8 Å². The van der Waals surface area contributed by atoms with Crippen LogP contribution < -0.4 is 14.4 Å². The number of nitrogens with zero attached hydrogens (tertiary/aromatic N) is 3. The minimum atomic E-state index is -0.828. The molecule has 47 heavy (non-hydrogen) atoms. The van der Waals surface area contributed by atoms with Crippen molar-refractivity contribution in [2.24, 2.45) is 5.92 Å². The number of carbonyl (C=O) groups excluding carboxylic acids is 2. The molecule has 1 amide bonds. The predicted molar refractivity (Wildman–Crippen MR) is 176 cm³/mol. The Kier molecular flexibility index (Phi) is 10.2. The first kappa shape index (κ1) is 32.7. The molecular weight excluding hydrogens is 645 g/mol. The zero-order valence-corrected chi connectivity index (χ0v) is 27.6. The maximum Gasteiger partial charge on any atom is 0.415 e. The molecule has 7 rings (SSSR count). The number of hydrogen-bond donors (Lipinski definition) is 0. The van der Waals surface area contributed by atoms with Crippen molar-refractivity contribution in [1.29, 1.82) is 0 Å². The van der Waals surface area contributed by atoms with Crippen LogP contribution in [-0.4, -0.2) is 61.9 Å². The summed E-state index contributed by atoms with van der Waals surface area (Å²) in [4.78, 5) is 35.0. The predicted octanol–water partition coefficient (Wildman–Crippen LogP) is 7.38. The molecule has 3 fully saturated rings. The largest absolute Gasteiger partial charge is 0.493 e. The van der Waals surface area contributed by atoms with Gasteiger partial charge in [-0.05, 0) is 79.4 Å². The van der Waals surface area contributed by atoms with Crippen molar-refractivity contribution in [3.8, 4) is 11.5 Å². The Morgan fingerprint density at radius 3 is 2.36 bits per heavy atom. The fourth-order valence-electron chi connectivity index (χ4n) is 6.12. The summed E-state index contributed by atoms with van der Waals surface area (Å²) < 4.78 is 28.9. The molecule has 10 nitrogen and oxygen atoms in total. The van der Waals surface area contributed by atoms with Crippen LogP contribution >= 0.6 is 23.2 Å². The molecule has 3 aliphatic rings. The average Bonchev–Trinajstić information content (AvgIpc) is 3.58. The molecule has 3 saturated heterocycles. The van der Waals surface area contributed by atoms with Crippen LogP contribution in [0.1, 0.15) is 46.4 Å². The van der Waals surface area contributed by atoms with Crippen molar-refractivity contribution in [1.82, 2.24) is 9.88 Å². The second-order valence-corrected chi connectivity index (χ2v) is 12.4. The van der Waals surface area contributed by atoms with E-state index in [9.17, 15) is 9.59 Å². The molecule has 2 bridgehead atoms. The third-order valence-corrected chi connectivity index (χ3v) is 9.34. The number of carbonyl (C=O) groups is 2. The molecule has 2 atom stereocenters. The lowest BCUT2D eigenvalue weighted by Gasteiger charge is -2.44. The molecular formula is C35H35Cl2N3O7. The number of hydrogen-bond acceptors (Lipinski definition) is 9. The summed E-state index contributed by atoms with van der Waals surface area (Å²) in [6, 6.07) is 17.6. The highest BCUT2D eigenvalue weighted by molar-refractivity contribution is 6.35.